The van der Waals surface area contributed by atoms with Gasteiger partial charge in [-0.2, -0.15) is 0 Å². The monoisotopic (exact) mass is 489 g/mol. The first-order valence-corrected chi connectivity index (χ1v) is 14.0. The molecule has 0 atom stereocenters. The molecule has 2 heterocycles. The van der Waals surface area contributed by atoms with Gasteiger partial charge >= 0.3 is 0 Å². The maximum absolute atomic E-state index is 4.98. The van der Waals surface area contributed by atoms with E-state index < -0.39 is 0 Å². The van der Waals surface area contributed by atoms with Gasteiger partial charge in [0.2, 0.25) is 0 Å². The number of hydrogen-bond acceptors (Lipinski definition) is 2. The minimum absolute atomic E-state index is 0.0194. The highest BCUT2D eigenvalue weighted by molar-refractivity contribution is 7.23. The van der Waals surface area contributed by atoms with Gasteiger partial charge in [-0.3, -0.25) is 4.98 Å². The van der Waals surface area contributed by atoms with E-state index in [1.54, 1.807) is 0 Å². The molecule has 1 nitrogen and oxygen atoms in total. The molecule has 182 valence electrons. The average Bonchev–Trinajstić information content (AvgIpc) is 3.31. The lowest BCUT2D eigenvalue weighted by atomic mass is 9.80. The van der Waals surface area contributed by atoms with Crippen molar-refractivity contribution < 1.29 is 0 Å². The van der Waals surface area contributed by atoms with Crippen LogP contribution in [0.1, 0.15) is 70.7 Å². The van der Waals surface area contributed by atoms with Gasteiger partial charge in [0.1, 0.15) is 0 Å². The van der Waals surface area contributed by atoms with Crippen molar-refractivity contribution in [2.24, 2.45) is 5.92 Å². The topological polar surface area (TPSA) is 12.9 Å². The molecule has 0 spiro atoms. The van der Waals surface area contributed by atoms with Crippen molar-refractivity contribution in [1.82, 2.24) is 4.98 Å². The molecule has 2 heteroatoms. The Bertz CT molecular complexity index is 1640. The van der Waals surface area contributed by atoms with Gasteiger partial charge in [-0.1, -0.05) is 90.9 Å². The van der Waals surface area contributed by atoms with Crippen molar-refractivity contribution in [3.8, 4) is 21.7 Å². The van der Waals surface area contributed by atoms with Crippen LogP contribution < -0.4 is 0 Å². The summed E-state index contributed by atoms with van der Waals surface area (Å²) in [7, 11) is 0. The summed E-state index contributed by atoms with van der Waals surface area (Å²) in [4.78, 5) is 6.40. The fourth-order valence-electron chi connectivity index (χ4n) is 6.15. The van der Waals surface area contributed by atoms with Gasteiger partial charge in [0, 0.05) is 27.4 Å². The SMILES string of the molecule is CC(C)Cc1ccc2c(c1)C(C)(C)c1c-2sc2c(-c3cc(C(C)(C)C)c4ccccc4c3)nccc12. The third-order valence-electron chi connectivity index (χ3n) is 7.82. The fraction of sp³-hybridized carbons (Fsp3) is 0.324. The van der Waals surface area contributed by atoms with Gasteiger partial charge in [0.25, 0.3) is 0 Å². The molecule has 5 aromatic rings. The summed E-state index contributed by atoms with van der Waals surface area (Å²) < 4.78 is 1.31. The Morgan fingerprint density at radius 2 is 1.69 bits per heavy atom. The quantitative estimate of drug-likeness (QED) is 0.246. The number of benzene rings is 3. The predicted molar refractivity (Wildman–Crippen MR) is 157 cm³/mol. The molecule has 0 amide bonds. The van der Waals surface area contributed by atoms with Crippen molar-refractivity contribution in [2.45, 2.75) is 65.7 Å². The molecule has 6 rings (SSSR count). The molecule has 1 aliphatic carbocycles. The lowest BCUT2D eigenvalue weighted by Crippen LogP contribution is -2.15. The summed E-state index contributed by atoms with van der Waals surface area (Å²) in [5.41, 5.74) is 9.54. The third-order valence-corrected chi connectivity index (χ3v) is 9.06. The minimum Gasteiger partial charge on any atom is -0.255 e. The van der Waals surface area contributed by atoms with Crippen molar-refractivity contribution in [3.05, 3.63) is 89.1 Å². The Balaban J connectivity index is 1.58. The Morgan fingerprint density at radius 1 is 0.917 bits per heavy atom. The van der Waals surface area contributed by atoms with Crippen LogP contribution in [0.3, 0.4) is 0 Å². The maximum Gasteiger partial charge on any atom is 0.0880 e. The highest BCUT2D eigenvalue weighted by atomic mass is 32.1. The molecule has 36 heavy (non-hydrogen) atoms. The number of nitrogens with zero attached hydrogens (tertiary/aromatic N) is 1. The average molecular weight is 490 g/mol. The smallest absolute Gasteiger partial charge is 0.0880 e. The molecule has 0 N–H and O–H groups in total. The predicted octanol–water partition coefficient (Wildman–Crippen LogP) is 9.92. The normalized spacial score (nSPS) is 14.6. The molecule has 0 unspecified atom stereocenters. The molecular formula is C34H35NS. The summed E-state index contributed by atoms with van der Waals surface area (Å²) in [5.74, 6) is 0.663. The van der Waals surface area contributed by atoms with E-state index in [2.05, 4.69) is 109 Å². The van der Waals surface area contributed by atoms with Crippen molar-refractivity contribution in [2.75, 3.05) is 0 Å². The molecule has 2 aromatic heterocycles. The first-order chi connectivity index (χ1) is 17.1. The van der Waals surface area contributed by atoms with Crippen LogP contribution in [0, 0.1) is 5.92 Å². The second-order valence-electron chi connectivity index (χ2n) is 12.4. The summed E-state index contributed by atoms with van der Waals surface area (Å²) in [5, 5.41) is 3.98. The highest BCUT2D eigenvalue weighted by Gasteiger charge is 2.39. The summed E-state index contributed by atoms with van der Waals surface area (Å²) >= 11 is 1.93. The number of fused-ring (bicyclic) bond motifs is 6. The van der Waals surface area contributed by atoms with E-state index in [0.29, 0.717) is 5.92 Å². The van der Waals surface area contributed by atoms with Crippen molar-refractivity contribution in [1.29, 1.82) is 0 Å². The van der Waals surface area contributed by atoms with Gasteiger partial charge < -0.3 is 0 Å². The standard InChI is InChI=1S/C34H35NS/c1-20(2)16-21-12-13-25-28(17-21)34(6,7)29-26-14-15-35-30(32(26)36-31(25)29)23-18-22-10-8-9-11-24(22)27(19-23)33(3,4)5/h8-15,17-20H,16H2,1-7H3. The van der Waals surface area contributed by atoms with Gasteiger partial charge in [0.15, 0.2) is 0 Å². The Kier molecular flexibility index (Phi) is 5.22. The van der Waals surface area contributed by atoms with Gasteiger partial charge in [-0.15, -0.1) is 11.3 Å². The zero-order valence-corrected chi connectivity index (χ0v) is 23.3. The van der Waals surface area contributed by atoms with Crippen LogP contribution in [0.2, 0.25) is 0 Å². The molecule has 0 bridgehead atoms. The van der Waals surface area contributed by atoms with Gasteiger partial charge in [-0.05, 0) is 74.5 Å². The second kappa shape index (κ2) is 8.02. The van der Waals surface area contributed by atoms with Gasteiger partial charge in [0.05, 0.1) is 10.4 Å². The van der Waals surface area contributed by atoms with Crippen LogP contribution in [0.15, 0.2) is 66.9 Å². The zero-order valence-electron chi connectivity index (χ0n) is 22.5. The highest BCUT2D eigenvalue weighted by Crippen LogP contribution is 2.56. The third kappa shape index (κ3) is 3.53. The number of rotatable bonds is 3. The fourth-order valence-corrected chi connectivity index (χ4v) is 7.65. The van der Waals surface area contributed by atoms with E-state index in [0.717, 1.165) is 12.1 Å². The van der Waals surface area contributed by atoms with Gasteiger partial charge in [-0.25, -0.2) is 0 Å². The maximum atomic E-state index is 4.98. The Labute approximate surface area is 219 Å². The number of aromatic nitrogens is 1. The molecule has 3 aromatic carbocycles. The van der Waals surface area contributed by atoms with Crippen molar-refractivity contribution in [3.63, 3.8) is 0 Å². The molecule has 0 saturated heterocycles. The first kappa shape index (κ1) is 23.4. The van der Waals surface area contributed by atoms with E-state index in [4.69, 9.17) is 4.98 Å². The molecule has 0 fully saturated rings. The lowest BCUT2D eigenvalue weighted by molar-refractivity contribution is 0.596. The van der Waals surface area contributed by atoms with E-state index in [9.17, 15) is 0 Å². The molecule has 0 aliphatic heterocycles. The van der Waals surface area contributed by atoms with Crippen LogP contribution in [-0.4, -0.2) is 4.98 Å². The van der Waals surface area contributed by atoms with Crippen LogP contribution >= 0.6 is 11.3 Å². The largest absolute Gasteiger partial charge is 0.255 e. The van der Waals surface area contributed by atoms with Crippen molar-refractivity contribution >= 4 is 32.2 Å². The Hall–Kier alpha value is -2.97. The molecule has 0 saturated carbocycles. The molecular weight excluding hydrogens is 454 g/mol. The number of thiophene rings is 1. The van der Waals surface area contributed by atoms with Crippen LogP contribution in [0.4, 0.5) is 0 Å². The minimum atomic E-state index is -0.0194. The molecule has 1 aliphatic rings. The van der Waals surface area contributed by atoms with E-state index in [1.807, 2.05) is 17.5 Å². The van der Waals surface area contributed by atoms with Crippen LogP contribution in [0.5, 0.6) is 0 Å². The van der Waals surface area contributed by atoms with E-state index >= 15 is 0 Å². The summed E-state index contributed by atoms with van der Waals surface area (Å²) in [6, 6.07) is 22.9. The summed E-state index contributed by atoms with van der Waals surface area (Å²) in [6.45, 7) is 16.3. The van der Waals surface area contributed by atoms with Crippen LogP contribution in [0.25, 0.3) is 42.6 Å². The molecule has 0 radical (unpaired) electrons. The second-order valence-corrected chi connectivity index (χ2v) is 13.5. The lowest BCUT2D eigenvalue weighted by Gasteiger charge is -2.23. The van der Waals surface area contributed by atoms with Crippen LogP contribution in [-0.2, 0) is 17.3 Å². The first-order valence-electron chi connectivity index (χ1n) is 13.1. The van der Waals surface area contributed by atoms with E-state index in [1.165, 1.54) is 59.1 Å². The summed E-state index contributed by atoms with van der Waals surface area (Å²) in [6.07, 6.45) is 3.14. The van der Waals surface area contributed by atoms with E-state index in [-0.39, 0.29) is 10.8 Å². The Morgan fingerprint density at radius 3 is 2.44 bits per heavy atom. The number of hydrogen-bond donors (Lipinski definition) is 0. The zero-order chi connectivity index (χ0) is 25.4. The number of pyridine rings is 1.